The van der Waals surface area contributed by atoms with E-state index < -0.39 is 10.0 Å². The summed E-state index contributed by atoms with van der Waals surface area (Å²) >= 11 is 2.91. The van der Waals surface area contributed by atoms with Crippen molar-refractivity contribution in [2.45, 2.75) is 38.1 Å². The lowest BCUT2D eigenvalue weighted by Gasteiger charge is -2.04. The first-order valence-electron chi connectivity index (χ1n) is 6.76. The minimum absolute atomic E-state index is 0.353. The lowest BCUT2D eigenvalue weighted by Crippen LogP contribution is -2.22. The Hall–Kier alpha value is -0.730. The lowest BCUT2D eigenvalue weighted by atomic mass is 10.3. The molecule has 21 heavy (non-hydrogen) atoms. The van der Waals surface area contributed by atoms with E-state index in [0.717, 1.165) is 27.4 Å². The molecular weight excluding hydrogens is 324 g/mol. The highest BCUT2D eigenvalue weighted by Gasteiger charge is 2.19. The van der Waals surface area contributed by atoms with Crippen LogP contribution in [0.25, 0.3) is 0 Å². The van der Waals surface area contributed by atoms with Gasteiger partial charge in [0, 0.05) is 22.8 Å². The second-order valence-electron chi connectivity index (χ2n) is 4.80. The van der Waals surface area contributed by atoms with Gasteiger partial charge >= 0.3 is 0 Å². The summed E-state index contributed by atoms with van der Waals surface area (Å²) in [4.78, 5) is 2.13. The molecule has 0 saturated carbocycles. The average Bonchev–Trinajstić information content (AvgIpc) is 3.01. The Kier molecular flexibility index (Phi) is 5.56. The molecule has 0 amide bonds. The van der Waals surface area contributed by atoms with E-state index in [1.165, 1.54) is 11.3 Å². The molecule has 2 heterocycles. The second-order valence-corrected chi connectivity index (χ2v) is 8.93. The van der Waals surface area contributed by atoms with Crippen molar-refractivity contribution in [2.24, 2.45) is 0 Å². The van der Waals surface area contributed by atoms with Crippen molar-refractivity contribution in [2.75, 3.05) is 6.54 Å². The fraction of sp³-hybridized carbons (Fsp3) is 0.429. The molecule has 116 valence electrons. The number of hydrogen-bond acceptors (Lipinski definition) is 5. The summed E-state index contributed by atoms with van der Waals surface area (Å²) in [6.45, 7) is 7.91. The number of nitrogens with one attached hydrogen (secondary N) is 2. The molecule has 2 aromatic rings. The largest absolute Gasteiger partial charge is 0.312 e. The molecule has 0 saturated heterocycles. The highest BCUT2D eigenvalue weighted by molar-refractivity contribution is 7.91. The molecule has 0 aliphatic carbocycles. The van der Waals surface area contributed by atoms with Crippen molar-refractivity contribution in [3.05, 3.63) is 38.4 Å². The van der Waals surface area contributed by atoms with E-state index in [1.807, 2.05) is 32.2 Å². The zero-order valence-electron chi connectivity index (χ0n) is 12.4. The standard InChI is InChI=1S/C14H20N2O2S3/c1-4-15-8-13-11(3)7-14(20-13)21(17,18)16-9-12-10(2)5-6-19-12/h5-7,15-16H,4,8-9H2,1-3H3. The van der Waals surface area contributed by atoms with Crippen LogP contribution in [0, 0.1) is 13.8 Å². The first kappa shape index (κ1) is 16.6. The molecule has 0 aliphatic heterocycles. The normalized spacial score (nSPS) is 12.0. The number of rotatable bonds is 7. The Morgan fingerprint density at radius 1 is 1.14 bits per heavy atom. The van der Waals surface area contributed by atoms with E-state index in [-0.39, 0.29) is 0 Å². The van der Waals surface area contributed by atoms with E-state index in [4.69, 9.17) is 0 Å². The average molecular weight is 345 g/mol. The van der Waals surface area contributed by atoms with E-state index in [2.05, 4.69) is 10.0 Å². The molecule has 0 unspecified atom stereocenters. The number of aryl methyl sites for hydroxylation is 2. The van der Waals surface area contributed by atoms with E-state index in [1.54, 1.807) is 17.4 Å². The number of thiophene rings is 2. The summed E-state index contributed by atoms with van der Waals surface area (Å²) in [5, 5.41) is 5.20. The fourth-order valence-corrected chi connectivity index (χ4v) is 5.39. The Balaban J connectivity index is 2.10. The molecule has 4 nitrogen and oxygen atoms in total. The maximum atomic E-state index is 12.4. The molecule has 0 spiro atoms. The van der Waals surface area contributed by atoms with Gasteiger partial charge in [-0.15, -0.1) is 22.7 Å². The first-order chi connectivity index (χ1) is 9.94. The molecule has 0 fully saturated rings. The Labute approximate surface area is 134 Å². The van der Waals surface area contributed by atoms with Crippen LogP contribution in [0.15, 0.2) is 21.7 Å². The zero-order chi connectivity index (χ0) is 15.5. The zero-order valence-corrected chi connectivity index (χ0v) is 14.8. The minimum Gasteiger partial charge on any atom is -0.312 e. The molecule has 2 aromatic heterocycles. The van der Waals surface area contributed by atoms with Gasteiger partial charge in [-0.2, -0.15) is 0 Å². The maximum absolute atomic E-state index is 12.4. The molecule has 0 aliphatic rings. The van der Waals surface area contributed by atoms with E-state index in [9.17, 15) is 8.42 Å². The maximum Gasteiger partial charge on any atom is 0.250 e. The summed E-state index contributed by atoms with van der Waals surface area (Å²) in [5.74, 6) is 0. The quantitative estimate of drug-likeness (QED) is 0.812. The third-order valence-electron chi connectivity index (χ3n) is 3.19. The van der Waals surface area contributed by atoms with Crippen LogP contribution < -0.4 is 10.0 Å². The van der Waals surface area contributed by atoms with Crippen LogP contribution in [0.3, 0.4) is 0 Å². The van der Waals surface area contributed by atoms with Gasteiger partial charge in [0.25, 0.3) is 0 Å². The Morgan fingerprint density at radius 3 is 2.52 bits per heavy atom. The van der Waals surface area contributed by atoms with Crippen molar-refractivity contribution >= 4 is 32.7 Å². The summed E-state index contributed by atoms with van der Waals surface area (Å²) in [7, 11) is -3.43. The van der Waals surface area contributed by atoms with Gasteiger partial charge in [-0.05, 0) is 49.0 Å². The van der Waals surface area contributed by atoms with Gasteiger partial charge in [-0.1, -0.05) is 6.92 Å². The molecule has 7 heteroatoms. The molecule has 2 rings (SSSR count). The number of sulfonamides is 1. The minimum atomic E-state index is -3.43. The Bertz CT molecular complexity index is 702. The van der Waals surface area contributed by atoms with Gasteiger partial charge < -0.3 is 5.32 Å². The van der Waals surface area contributed by atoms with Gasteiger partial charge in [-0.25, -0.2) is 13.1 Å². The van der Waals surface area contributed by atoms with Crippen LogP contribution in [0.4, 0.5) is 0 Å². The molecule has 0 radical (unpaired) electrons. The third-order valence-corrected chi connectivity index (χ3v) is 7.32. The van der Waals surface area contributed by atoms with E-state index in [0.29, 0.717) is 17.3 Å². The topological polar surface area (TPSA) is 58.2 Å². The monoisotopic (exact) mass is 344 g/mol. The van der Waals surface area contributed by atoms with Crippen LogP contribution in [-0.4, -0.2) is 15.0 Å². The smallest absolute Gasteiger partial charge is 0.250 e. The van der Waals surface area contributed by atoms with Crippen LogP contribution >= 0.6 is 22.7 Å². The van der Waals surface area contributed by atoms with Gasteiger partial charge in [-0.3, -0.25) is 0 Å². The predicted octanol–water partition coefficient (Wildman–Crippen LogP) is 3.01. The highest BCUT2D eigenvalue weighted by Crippen LogP contribution is 2.26. The Morgan fingerprint density at radius 2 is 1.90 bits per heavy atom. The summed E-state index contributed by atoms with van der Waals surface area (Å²) in [6.07, 6.45) is 0. The molecule has 0 atom stereocenters. The summed E-state index contributed by atoms with van der Waals surface area (Å²) in [6, 6.07) is 3.75. The molecular formula is C14H20N2O2S3. The van der Waals surface area contributed by atoms with Gasteiger partial charge in [0.2, 0.25) is 10.0 Å². The first-order valence-corrected chi connectivity index (χ1v) is 9.94. The summed E-state index contributed by atoms with van der Waals surface area (Å²) < 4.78 is 27.8. The van der Waals surface area contributed by atoms with Gasteiger partial charge in [0.1, 0.15) is 4.21 Å². The van der Waals surface area contributed by atoms with E-state index >= 15 is 0 Å². The van der Waals surface area contributed by atoms with Crippen LogP contribution in [-0.2, 0) is 23.1 Å². The van der Waals surface area contributed by atoms with Gasteiger partial charge in [0.05, 0.1) is 0 Å². The lowest BCUT2D eigenvalue weighted by molar-refractivity contribution is 0.584. The molecule has 0 aromatic carbocycles. The van der Waals surface area contributed by atoms with Crippen LogP contribution in [0.1, 0.15) is 27.8 Å². The van der Waals surface area contributed by atoms with Crippen molar-refractivity contribution in [1.29, 1.82) is 0 Å². The number of hydrogen-bond donors (Lipinski definition) is 2. The second kappa shape index (κ2) is 7.02. The fourth-order valence-electron chi connectivity index (χ4n) is 1.85. The van der Waals surface area contributed by atoms with Gasteiger partial charge in [0.15, 0.2) is 0 Å². The SMILES string of the molecule is CCNCc1sc(S(=O)(=O)NCc2sccc2C)cc1C. The van der Waals surface area contributed by atoms with Crippen molar-refractivity contribution in [3.63, 3.8) is 0 Å². The third kappa shape index (κ3) is 4.14. The van der Waals surface area contributed by atoms with Crippen molar-refractivity contribution in [1.82, 2.24) is 10.0 Å². The predicted molar refractivity (Wildman–Crippen MR) is 89.5 cm³/mol. The molecule has 2 N–H and O–H groups in total. The van der Waals surface area contributed by atoms with Crippen LogP contribution in [0.2, 0.25) is 0 Å². The van der Waals surface area contributed by atoms with Crippen LogP contribution in [0.5, 0.6) is 0 Å². The highest BCUT2D eigenvalue weighted by atomic mass is 32.2. The van der Waals surface area contributed by atoms with Crippen molar-refractivity contribution in [3.8, 4) is 0 Å². The molecule has 0 bridgehead atoms. The summed E-state index contributed by atoms with van der Waals surface area (Å²) in [5.41, 5.74) is 2.14. The van der Waals surface area contributed by atoms with Crippen molar-refractivity contribution < 1.29 is 8.42 Å².